The molecule has 3 rings (SSSR count). The zero-order chi connectivity index (χ0) is 18.4. The van der Waals surface area contributed by atoms with E-state index in [0.29, 0.717) is 11.4 Å². The van der Waals surface area contributed by atoms with Gasteiger partial charge in [0.2, 0.25) is 11.0 Å². The van der Waals surface area contributed by atoms with Crippen LogP contribution in [0.4, 0.5) is 10.8 Å². The number of hydrogen-bond acceptors (Lipinski definition) is 8. The summed E-state index contributed by atoms with van der Waals surface area (Å²) in [6.07, 6.45) is 2.45. The van der Waals surface area contributed by atoms with Crippen molar-refractivity contribution in [1.29, 1.82) is 0 Å². The molecular weight excluding hydrogens is 372 g/mol. The average Bonchev–Trinajstić information content (AvgIpc) is 3.30. The second-order valence-electron chi connectivity index (χ2n) is 5.93. The minimum absolute atomic E-state index is 0.108. The summed E-state index contributed by atoms with van der Waals surface area (Å²) in [5.74, 6) is 0.797. The van der Waals surface area contributed by atoms with Gasteiger partial charge in [-0.15, -0.1) is 10.2 Å². The van der Waals surface area contributed by atoms with Crippen molar-refractivity contribution in [1.82, 2.24) is 10.2 Å². The molecule has 1 aliphatic rings. The second kappa shape index (κ2) is 9.20. The fourth-order valence-corrected chi connectivity index (χ4v) is 4.14. The molecule has 0 spiro atoms. The summed E-state index contributed by atoms with van der Waals surface area (Å²) in [6.45, 7) is 3.55. The smallest absolute Gasteiger partial charge is 0.234 e. The molecule has 2 N–H and O–H groups in total. The molecule has 1 aromatic heterocycles. The molecule has 1 saturated heterocycles. The van der Waals surface area contributed by atoms with Crippen molar-refractivity contribution in [3.05, 3.63) is 23.8 Å². The number of aromatic nitrogens is 2. The van der Waals surface area contributed by atoms with Crippen LogP contribution in [0.5, 0.6) is 5.75 Å². The Kier molecular flexibility index (Phi) is 6.70. The number of rotatable bonds is 8. The monoisotopic (exact) mass is 394 g/mol. The van der Waals surface area contributed by atoms with E-state index in [1.807, 2.05) is 25.1 Å². The van der Waals surface area contributed by atoms with E-state index in [0.717, 1.165) is 41.0 Å². The Labute approximate surface area is 160 Å². The standard InChI is InChI=1S/C17H22N4O3S2/c1-11-5-6-14(23-2)13(8-11)19-15(22)10-25-17-21-20-16(26-17)18-9-12-4-3-7-24-12/h5-6,8,12H,3-4,7,9-10H2,1-2H3,(H,18,20)(H,19,22). The van der Waals surface area contributed by atoms with Crippen LogP contribution in [0, 0.1) is 6.92 Å². The molecule has 0 radical (unpaired) electrons. The van der Waals surface area contributed by atoms with Crippen molar-refractivity contribution in [3.8, 4) is 5.75 Å². The highest BCUT2D eigenvalue weighted by atomic mass is 32.2. The van der Waals surface area contributed by atoms with Crippen LogP contribution in [0.25, 0.3) is 0 Å². The van der Waals surface area contributed by atoms with Crippen LogP contribution >= 0.6 is 23.1 Å². The van der Waals surface area contributed by atoms with Crippen LogP contribution in [0.1, 0.15) is 18.4 Å². The third-order valence-corrected chi connectivity index (χ3v) is 5.88. The Morgan fingerprint density at radius 2 is 2.35 bits per heavy atom. The van der Waals surface area contributed by atoms with Gasteiger partial charge in [-0.1, -0.05) is 29.2 Å². The van der Waals surface area contributed by atoms with E-state index in [2.05, 4.69) is 20.8 Å². The lowest BCUT2D eigenvalue weighted by molar-refractivity contribution is -0.113. The molecule has 26 heavy (non-hydrogen) atoms. The number of thioether (sulfide) groups is 1. The molecule has 1 aliphatic heterocycles. The zero-order valence-corrected chi connectivity index (χ0v) is 16.4. The predicted molar refractivity (Wildman–Crippen MR) is 104 cm³/mol. The number of carbonyl (C=O) groups is 1. The van der Waals surface area contributed by atoms with Crippen LogP contribution in [-0.4, -0.2) is 48.2 Å². The summed E-state index contributed by atoms with van der Waals surface area (Å²) in [7, 11) is 1.58. The number of methoxy groups -OCH3 is 1. The normalized spacial score (nSPS) is 16.5. The topological polar surface area (TPSA) is 85.4 Å². The van der Waals surface area contributed by atoms with E-state index < -0.39 is 0 Å². The summed E-state index contributed by atoms with van der Waals surface area (Å²) in [6, 6.07) is 5.67. The summed E-state index contributed by atoms with van der Waals surface area (Å²) in [4.78, 5) is 12.2. The number of anilines is 2. The lowest BCUT2D eigenvalue weighted by Crippen LogP contribution is -2.18. The van der Waals surface area contributed by atoms with E-state index in [-0.39, 0.29) is 17.8 Å². The third-order valence-electron chi connectivity index (χ3n) is 3.87. The van der Waals surface area contributed by atoms with Crippen molar-refractivity contribution in [3.63, 3.8) is 0 Å². The van der Waals surface area contributed by atoms with Crippen LogP contribution < -0.4 is 15.4 Å². The number of benzene rings is 1. The second-order valence-corrected chi connectivity index (χ2v) is 8.13. The lowest BCUT2D eigenvalue weighted by Gasteiger charge is -2.10. The van der Waals surface area contributed by atoms with Crippen molar-refractivity contribution in [2.24, 2.45) is 0 Å². The maximum absolute atomic E-state index is 12.2. The van der Waals surface area contributed by atoms with Gasteiger partial charge in [-0.2, -0.15) is 0 Å². The van der Waals surface area contributed by atoms with Crippen LogP contribution in [-0.2, 0) is 9.53 Å². The molecule has 7 nitrogen and oxygen atoms in total. The molecule has 1 aromatic carbocycles. The van der Waals surface area contributed by atoms with Gasteiger partial charge in [0.05, 0.1) is 24.7 Å². The highest BCUT2D eigenvalue weighted by Crippen LogP contribution is 2.28. The molecule has 1 atom stereocenters. The van der Waals surface area contributed by atoms with Crippen molar-refractivity contribution in [2.45, 2.75) is 30.2 Å². The third kappa shape index (κ3) is 5.33. The summed E-state index contributed by atoms with van der Waals surface area (Å²) >= 11 is 2.81. The zero-order valence-electron chi connectivity index (χ0n) is 14.8. The quantitative estimate of drug-likeness (QED) is 0.665. The molecule has 0 saturated carbocycles. The van der Waals surface area contributed by atoms with Crippen LogP contribution in [0.2, 0.25) is 0 Å². The molecular formula is C17H22N4O3S2. The van der Waals surface area contributed by atoms with E-state index in [9.17, 15) is 4.79 Å². The lowest BCUT2D eigenvalue weighted by atomic mass is 10.2. The van der Waals surface area contributed by atoms with Gasteiger partial charge >= 0.3 is 0 Å². The number of hydrogen-bond donors (Lipinski definition) is 2. The Hall–Kier alpha value is -1.84. The molecule has 1 amide bonds. The van der Waals surface area contributed by atoms with E-state index >= 15 is 0 Å². The summed E-state index contributed by atoms with van der Waals surface area (Å²) in [5, 5.41) is 15.1. The highest BCUT2D eigenvalue weighted by Gasteiger charge is 2.16. The molecule has 140 valence electrons. The van der Waals surface area contributed by atoms with Crippen molar-refractivity contribution >= 4 is 39.8 Å². The first-order valence-corrected chi connectivity index (χ1v) is 10.2. The molecule has 2 heterocycles. The SMILES string of the molecule is COc1ccc(C)cc1NC(=O)CSc1nnc(NCC2CCCO2)s1. The maximum atomic E-state index is 12.2. The largest absolute Gasteiger partial charge is 0.495 e. The number of nitrogens with one attached hydrogen (secondary N) is 2. The van der Waals surface area contributed by atoms with Gasteiger partial charge < -0.3 is 20.1 Å². The Morgan fingerprint density at radius 1 is 1.46 bits per heavy atom. The van der Waals surface area contributed by atoms with Gasteiger partial charge in [-0.05, 0) is 37.5 Å². The maximum Gasteiger partial charge on any atom is 0.234 e. The first-order valence-electron chi connectivity index (χ1n) is 8.40. The van der Waals surface area contributed by atoms with Crippen LogP contribution in [0.3, 0.4) is 0 Å². The Bertz CT molecular complexity index is 747. The Balaban J connectivity index is 1.46. The minimum Gasteiger partial charge on any atom is -0.495 e. The Morgan fingerprint density at radius 3 is 3.12 bits per heavy atom. The number of carbonyl (C=O) groups excluding carboxylic acids is 1. The predicted octanol–water partition coefficient (Wildman–Crippen LogP) is 3.18. The van der Waals surface area contributed by atoms with Gasteiger partial charge in [-0.25, -0.2) is 0 Å². The van der Waals surface area contributed by atoms with E-state index in [1.165, 1.54) is 23.1 Å². The van der Waals surface area contributed by atoms with Gasteiger partial charge in [0, 0.05) is 13.2 Å². The number of nitrogens with zero attached hydrogens (tertiary/aromatic N) is 2. The molecule has 1 unspecified atom stereocenters. The number of aryl methyl sites for hydroxylation is 1. The van der Waals surface area contributed by atoms with E-state index in [4.69, 9.17) is 9.47 Å². The van der Waals surface area contributed by atoms with Crippen molar-refractivity contribution in [2.75, 3.05) is 36.6 Å². The fraction of sp³-hybridized carbons (Fsp3) is 0.471. The fourth-order valence-electron chi connectivity index (χ4n) is 2.58. The first-order chi connectivity index (χ1) is 12.6. The van der Waals surface area contributed by atoms with Gasteiger partial charge in [0.25, 0.3) is 0 Å². The summed E-state index contributed by atoms with van der Waals surface area (Å²) < 4.78 is 11.6. The molecule has 1 fully saturated rings. The number of amides is 1. The minimum atomic E-state index is -0.108. The molecule has 0 aliphatic carbocycles. The first kappa shape index (κ1) is 18.9. The summed E-state index contributed by atoms with van der Waals surface area (Å²) in [5.41, 5.74) is 1.73. The van der Waals surface area contributed by atoms with Gasteiger partial charge in [0.15, 0.2) is 4.34 Å². The molecule has 0 bridgehead atoms. The molecule has 2 aromatic rings. The van der Waals surface area contributed by atoms with E-state index in [1.54, 1.807) is 7.11 Å². The molecule has 9 heteroatoms. The van der Waals surface area contributed by atoms with Crippen molar-refractivity contribution < 1.29 is 14.3 Å². The average molecular weight is 395 g/mol. The van der Waals surface area contributed by atoms with Crippen LogP contribution in [0.15, 0.2) is 22.5 Å². The highest BCUT2D eigenvalue weighted by molar-refractivity contribution is 8.01. The van der Waals surface area contributed by atoms with Gasteiger partial charge in [-0.3, -0.25) is 4.79 Å². The number of ether oxygens (including phenoxy) is 2. The van der Waals surface area contributed by atoms with Gasteiger partial charge in [0.1, 0.15) is 5.75 Å².